The van der Waals surface area contributed by atoms with E-state index in [1.165, 1.54) is 0 Å². The number of benzene rings is 2. The first kappa shape index (κ1) is 18.3. The van der Waals surface area contributed by atoms with Gasteiger partial charge in [-0.3, -0.25) is 4.79 Å². The lowest BCUT2D eigenvalue weighted by atomic mass is 10.2. The van der Waals surface area contributed by atoms with Crippen LogP contribution in [0.5, 0.6) is 11.6 Å². The van der Waals surface area contributed by atoms with Gasteiger partial charge in [0.25, 0.3) is 5.91 Å². The molecule has 26 heavy (non-hydrogen) atoms. The number of carbonyl (C=O) groups is 1. The highest BCUT2D eigenvalue weighted by atomic mass is 79.9. The number of anilines is 2. The molecule has 6 nitrogen and oxygen atoms in total. The van der Waals surface area contributed by atoms with E-state index in [0.29, 0.717) is 27.6 Å². The van der Waals surface area contributed by atoms with Crippen molar-refractivity contribution in [3.05, 3.63) is 69.2 Å². The van der Waals surface area contributed by atoms with Crippen LogP contribution in [0.3, 0.4) is 0 Å². The van der Waals surface area contributed by atoms with E-state index < -0.39 is 0 Å². The monoisotopic (exact) mass is 476 g/mol. The Bertz CT molecular complexity index is 933. The van der Waals surface area contributed by atoms with E-state index in [1.54, 1.807) is 37.5 Å². The lowest BCUT2D eigenvalue weighted by Crippen LogP contribution is -2.18. The molecule has 0 aliphatic rings. The molecule has 0 radical (unpaired) electrons. The van der Waals surface area contributed by atoms with Crippen molar-refractivity contribution in [2.75, 3.05) is 12.4 Å². The van der Waals surface area contributed by atoms with Crippen LogP contribution in [0.4, 0.5) is 11.6 Å². The Morgan fingerprint density at radius 2 is 1.81 bits per heavy atom. The predicted octanol–water partition coefficient (Wildman–Crippen LogP) is 4.90. The van der Waals surface area contributed by atoms with E-state index >= 15 is 0 Å². The van der Waals surface area contributed by atoms with Crippen molar-refractivity contribution in [2.45, 2.75) is 0 Å². The van der Waals surface area contributed by atoms with Gasteiger partial charge in [0.2, 0.25) is 11.8 Å². The Kier molecular flexibility index (Phi) is 5.85. The van der Waals surface area contributed by atoms with Crippen molar-refractivity contribution >= 4 is 49.4 Å². The Balaban J connectivity index is 1.87. The van der Waals surface area contributed by atoms with Crippen LogP contribution >= 0.6 is 31.9 Å². The Hall–Kier alpha value is -2.45. The second-order valence-corrected chi connectivity index (χ2v) is 6.93. The largest absolute Gasteiger partial charge is 0.437 e. The van der Waals surface area contributed by atoms with E-state index in [1.807, 2.05) is 24.3 Å². The summed E-state index contributed by atoms with van der Waals surface area (Å²) in [6.45, 7) is 0. The summed E-state index contributed by atoms with van der Waals surface area (Å²) in [4.78, 5) is 20.6. The first-order valence-corrected chi connectivity index (χ1v) is 9.19. The number of hydrogen-bond donors (Lipinski definition) is 2. The van der Waals surface area contributed by atoms with Crippen molar-refractivity contribution in [3.63, 3.8) is 0 Å². The molecule has 2 N–H and O–H groups in total. The van der Waals surface area contributed by atoms with Crippen molar-refractivity contribution in [1.29, 1.82) is 0 Å². The second kappa shape index (κ2) is 8.29. The van der Waals surface area contributed by atoms with Crippen LogP contribution in [0.25, 0.3) is 0 Å². The number of rotatable bonds is 5. The van der Waals surface area contributed by atoms with Gasteiger partial charge in [0.15, 0.2) is 0 Å². The molecule has 3 rings (SSSR count). The minimum Gasteiger partial charge on any atom is -0.437 e. The first-order chi connectivity index (χ1) is 12.6. The summed E-state index contributed by atoms with van der Waals surface area (Å²) in [5, 5.41) is 5.70. The highest BCUT2D eigenvalue weighted by Crippen LogP contribution is 2.30. The van der Waals surface area contributed by atoms with E-state index in [0.717, 1.165) is 10.2 Å². The lowest BCUT2D eigenvalue weighted by Gasteiger charge is -2.12. The summed E-state index contributed by atoms with van der Waals surface area (Å²) >= 11 is 6.77. The number of nitrogens with one attached hydrogen (secondary N) is 2. The summed E-state index contributed by atoms with van der Waals surface area (Å²) in [6.07, 6.45) is 1.59. The van der Waals surface area contributed by atoms with Crippen LogP contribution in [-0.4, -0.2) is 22.9 Å². The topological polar surface area (TPSA) is 76.1 Å². The van der Waals surface area contributed by atoms with Gasteiger partial charge in [0.05, 0.1) is 16.2 Å². The quantitative estimate of drug-likeness (QED) is 0.546. The van der Waals surface area contributed by atoms with E-state index in [9.17, 15) is 4.79 Å². The molecule has 1 amide bonds. The second-order valence-electron chi connectivity index (χ2n) is 5.16. The van der Waals surface area contributed by atoms with Crippen molar-refractivity contribution in [2.24, 2.45) is 0 Å². The zero-order valence-electron chi connectivity index (χ0n) is 13.7. The zero-order valence-corrected chi connectivity index (χ0v) is 16.8. The maximum Gasteiger partial charge on any atom is 0.254 e. The molecule has 3 aromatic rings. The summed E-state index contributed by atoms with van der Waals surface area (Å²) in [7, 11) is 1.57. The summed E-state index contributed by atoms with van der Waals surface area (Å²) in [5.74, 6) is 0.846. The van der Waals surface area contributed by atoms with Gasteiger partial charge in [-0.2, -0.15) is 4.98 Å². The molecule has 1 heterocycles. The fourth-order valence-electron chi connectivity index (χ4n) is 2.13. The standard InChI is InChI=1S/C18H14Br2N4O2/c1-21-16(25)13-4-2-3-5-15(13)26-17-14(20)10-22-18(24-17)23-12-8-6-11(19)7-9-12/h2-10H,1H3,(H,21,25)(H,22,23,24). The molecule has 0 fully saturated rings. The highest BCUT2D eigenvalue weighted by molar-refractivity contribution is 9.10. The highest BCUT2D eigenvalue weighted by Gasteiger charge is 2.14. The number of aromatic nitrogens is 2. The molecule has 0 aliphatic carbocycles. The van der Waals surface area contributed by atoms with Gasteiger partial charge in [0, 0.05) is 17.2 Å². The van der Waals surface area contributed by atoms with Gasteiger partial charge in [-0.05, 0) is 52.3 Å². The maximum absolute atomic E-state index is 12.0. The number of nitrogens with zero attached hydrogens (tertiary/aromatic N) is 2. The molecule has 0 saturated carbocycles. The average Bonchev–Trinajstić information content (AvgIpc) is 2.66. The van der Waals surface area contributed by atoms with Crippen molar-refractivity contribution < 1.29 is 9.53 Å². The first-order valence-electron chi connectivity index (χ1n) is 7.61. The number of para-hydroxylation sites is 1. The third kappa shape index (κ3) is 4.39. The van der Waals surface area contributed by atoms with Crippen LogP contribution in [-0.2, 0) is 0 Å². The molecular weight excluding hydrogens is 464 g/mol. The minimum atomic E-state index is -0.237. The third-order valence-corrected chi connectivity index (χ3v) is 4.45. The molecular formula is C18H14Br2N4O2. The van der Waals surface area contributed by atoms with Crippen LogP contribution in [0.15, 0.2) is 63.7 Å². The lowest BCUT2D eigenvalue weighted by molar-refractivity contribution is 0.0960. The predicted molar refractivity (Wildman–Crippen MR) is 107 cm³/mol. The Labute approximate surface area is 167 Å². The summed E-state index contributed by atoms with van der Waals surface area (Å²) in [6, 6.07) is 14.6. The van der Waals surface area contributed by atoms with Gasteiger partial charge in [-0.1, -0.05) is 28.1 Å². The molecule has 0 atom stereocenters. The Morgan fingerprint density at radius 1 is 1.08 bits per heavy atom. The van der Waals surface area contributed by atoms with E-state index in [-0.39, 0.29) is 5.91 Å². The molecule has 0 aliphatic heterocycles. The normalized spacial score (nSPS) is 10.3. The zero-order chi connectivity index (χ0) is 18.5. The number of ether oxygens (including phenoxy) is 1. The van der Waals surface area contributed by atoms with E-state index in [2.05, 4.69) is 52.5 Å². The molecule has 2 aromatic carbocycles. The van der Waals surface area contributed by atoms with Gasteiger partial charge in [-0.25, -0.2) is 4.98 Å². The molecule has 0 unspecified atom stereocenters. The molecule has 132 valence electrons. The minimum absolute atomic E-state index is 0.237. The third-order valence-electron chi connectivity index (χ3n) is 3.38. The molecule has 0 saturated heterocycles. The molecule has 8 heteroatoms. The number of amides is 1. The fraction of sp³-hybridized carbons (Fsp3) is 0.0556. The maximum atomic E-state index is 12.0. The van der Waals surface area contributed by atoms with Gasteiger partial charge in [0.1, 0.15) is 5.75 Å². The SMILES string of the molecule is CNC(=O)c1ccccc1Oc1nc(Nc2ccc(Br)cc2)ncc1Br. The van der Waals surface area contributed by atoms with Crippen LogP contribution in [0.2, 0.25) is 0 Å². The summed E-state index contributed by atoms with van der Waals surface area (Å²) in [5.41, 5.74) is 1.26. The summed E-state index contributed by atoms with van der Waals surface area (Å²) < 4.78 is 7.41. The van der Waals surface area contributed by atoms with E-state index in [4.69, 9.17) is 4.74 Å². The van der Waals surface area contributed by atoms with Crippen LogP contribution < -0.4 is 15.4 Å². The van der Waals surface area contributed by atoms with Crippen LogP contribution in [0.1, 0.15) is 10.4 Å². The molecule has 0 spiro atoms. The molecule has 1 aromatic heterocycles. The van der Waals surface area contributed by atoms with Crippen molar-refractivity contribution in [3.8, 4) is 11.6 Å². The smallest absolute Gasteiger partial charge is 0.254 e. The Morgan fingerprint density at radius 3 is 2.54 bits per heavy atom. The molecule has 0 bridgehead atoms. The van der Waals surface area contributed by atoms with Gasteiger partial charge >= 0.3 is 0 Å². The van der Waals surface area contributed by atoms with Crippen molar-refractivity contribution in [1.82, 2.24) is 15.3 Å². The number of halogens is 2. The number of hydrogen-bond acceptors (Lipinski definition) is 5. The number of carbonyl (C=O) groups excluding carboxylic acids is 1. The van der Waals surface area contributed by atoms with Gasteiger partial charge in [-0.15, -0.1) is 0 Å². The van der Waals surface area contributed by atoms with Gasteiger partial charge < -0.3 is 15.4 Å². The fourth-order valence-corrected chi connectivity index (χ4v) is 2.66. The van der Waals surface area contributed by atoms with Crippen LogP contribution in [0, 0.1) is 0 Å². The average molecular weight is 478 g/mol.